The van der Waals surface area contributed by atoms with Gasteiger partial charge in [-0.15, -0.1) is 0 Å². The molecule has 3 saturated carbocycles. The van der Waals surface area contributed by atoms with Gasteiger partial charge in [-0.25, -0.2) is 9.59 Å². The molecule has 42 heavy (non-hydrogen) atoms. The second-order valence-corrected chi connectivity index (χ2v) is 12.9. The van der Waals surface area contributed by atoms with Crippen LogP contribution in [0.2, 0.25) is 0 Å². The van der Waals surface area contributed by atoms with Gasteiger partial charge in [0.05, 0.1) is 11.2 Å². The molecule has 1 aromatic heterocycles. The molecule has 11 heteroatoms. The number of nitrogens with zero attached hydrogens (tertiary/aromatic N) is 5. The van der Waals surface area contributed by atoms with Crippen LogP contribution < -0.4 is 22.5 Å². The van der Waals surface area contributed by atoms with Crippen molar-refractivity contribution in [2.45, 2.75) is 77.0 Å². The summed E-state index contributed by atoms with van der Waals surface area (Å²) in [4.78, 5) is 48.0. The zero-order valence-electron chi connectivity index (χ0n) is 25.3. The van der Waals surface area contributed by atoms with Crippen molar-refractivity contribution >= 4 is 17.8 Å². The van der Waals surface area contributed by atoms with Crippen molar-refractivity contribution < 1.29 is 9.59 Å². The summed E-state index contributed by atoms with van der Waals surface area (Å²) in [5, 5.41) is 2.71. The number of hydrogen-bond donors (Lipinski definition) is 3. The Hall–Kier alpha value is -3.28. The van der Waals surface area contributed by atoms with Crippen molar-refractivity contribution in [1.82, 2.24) is 24.3 Å². The molecular weight excluding hydrogens is 532 g/mol. The number of amides is 3. The van der Waals surface area contributed by atoms with E-state index in [1.54, 1.807) is 35.9 Å². The highest BCUT2D eigenvalue weighted by atomic mass is 16.2. The Morgan fingerprint density at radius 1 is 1.05 bits per heavy atom. The van der Waals surface area contributed by atoms with Crippen LogP contribution in [0.15, 0.2) is 41.3 Å². The van der Waals surface area contributed by atoms with Crippen molar-refractivity contribution in [2.24, 2.45) is 23.3 Å². The number of likely N-dealkylation sites (N-methyl/N-ethyl adjacent to an activating group) is 1. The van der Waals surface area contributed by atoms with Crippen LogP contribution in [-0.2, 0) is 11.2 Å². The highest BCUT2D eigenvalue weighted by Crippen LogP contribution is 2.47. The molecule has 0 spiro atoms. The fraction of sp³-hybridized carbons (Fsp3) is 0.613. The molecule has 4 fully saturated rings. The lowest BCUT2D eigenvalue weighted by molar-refractivity contribution is -0.137. The predicted molar refractivity (Wildman–Crippen MR) is 163 cm³/mol. The maximum atomic E-state index is 12.9. The van der Waals surface area contributed by atoms with E-state index in [0.29, 0.717) is 44.3 Å². The number of anilines is 1. The monoisotopic (exact) mass is 578 g/mol. The molecule has 1 aliphatic heterocycles. The summed E-state index contributed by atoms with van der Waals surface area (Å²) < 4.78 is 1.47. The van der Waals surface area contributed by atoms with Crippen molar-refractivity contribution in [3.8, 4) is 5.69 Å². The molecule has 2 bridgehead atoms. The number of fused-ring (bicyclic) bond motifs is 2. The largest absolute Gasteiger partial charge is 0.354 e. The van der Waals surface area contributed by atoms with Crippen molar-refractivity contribution in [3.63, 3.8) is 0 Å². The Morgan fingerprint density at radius 3 is 2.26 bits per heavy atom. The molecule has 5 N–H and O–H groups in total. The van der Waals surface area contributed by atoms with Crippen LogP contribution in [0.4, 0.5) is 10.6 Å². The van der Waals surface area contributed by atoms with E-state index in [-0.39, 0.29) is 17.8 Å². The van der Waals surface area contributed by atoms with E-state index >= 15 is 0 Å². The van der Waals surface area contributed by atoms with Gasteiger partial charge < -0.3 is 21.3 Å². The molecule has 1 aromatic carbocycles. The van der Waals surface area contributed by atoms with E-state index in [2.05, 4.69) is 41.2 Å². The van der Waals surface area contributed by atoms with Crippen LogP contribution in [0.3, 0.4) is 0 Å². The Bertz CT molecular complexity index is 1320. The number of rotatable bonds is 8. The second-order valence-electron chi connectivity index (χ2n) is 12.9. The smallest absolute Gasteiger partial charge is 0.338 e. The molecule has 2 heterocycles. The fourth-order valence-electron chi connectivity index (χ4n) is 6.94. The van der Waals surface area contributed by atoms with Gasteiger partial charge in [-0.2, -0.15) is 4.98 Å². The average molecular weight is 579 g/mol. The van der Waals surface area contributed by atoms with Gasteiger partial charge in [0.2, 0.25) is 5.91 Å². The molecule has 3 unspecified atom stereocenters. The molecule has 1 saturated heterocycles. The molecule has 0 radical (unpaired) electrons. The fourth-order valence-corrected chi connectivity index (χ4v) is 6.94. The van der Waals surface area contributed by atoms with Gasteiger partial charge in [-0.1, -0.05) is 19.1 Å². The summed E-state index contributed by atoms with van der Waals surface area (Å²) in [5.74, 6) is 1.57. The first kappa shape index (κ1) is 30.2. The number of nitrogens with one attached hydrogen (secondary N) is 1. The maximum absolute atomic E-state index is 12.9. The number of carbonyl (C=O) groups excluding carboxylic acids is 2. The number of aromatic nitrogens is 2. The Labute approximate surface area is 248 Å². The van der Waals surface area contributed by atoms with Crippen LogP contribution in [0.1, 0.15) is 52.5 Å². The van der Waals surface area contributed by atoms with E-state index in [1.807, 2.05) is 12.1 Å². The van der Waals surface area contributed by atoms with Gasteiger partial charge in [0, 0.05) is 50.5 Å². The maximum Gasteiger partial charge on any atom is 0.354 e. The first-order chi connectivity index (χ1) is 19.9. The minimum absolute atomic E-state index is 0.140. The topological polar surface area (TPSA) is 143 Å². The van der Waals surface area contributed by atoms with E-state index in [1.165, 1.54) is 23.0 Å². The minimum Gasteiger partial charge on any atom is -0.338 e. The molecule has 3 atom stereocenters. The van der Waals surface area contributed by atoms with Crippen LogP contribution in [0.5, 0.6) is 0 Å². The standard InChI is InChI=1S/C31H46N8O3/c1-5-38(26-19-25(32)22-17-23(26)18-22)20(2)16-21-6-8-24(9-7-21)39-11-10-27(35-30(39)42)34-29(41)37-14-12-36(13-15-37)28(40)31(3,4)33/h6-11,20,22-23,25-26H,5,12-19,32-33H2,1-4H3,(H,34,35,41,42). The quantitative estimate of drug-likeness (QED) is 0.435. The molecule has 2 aromatic rings. The first-order valence-electron chi connectivity index (χ1n) is 15.3. The number of piperazine rings is 1. The molecule has 3 aliphatic carbocycles. The van der Waals surface area contributed by atoms with Gasteiger partial charge in [0.1, 0.15) is 5.82 Å². The third-order valence-corrected chi connectivity index (χ3v) is 9.42. The zero-order valence-corrected chi connectivity index (χ0v) is 25.3. The van der Waals surface area contributed by atoms with E-state index in [0.717, 1.165) is 36.9 Å². The lowest BCUT2D eigenvalue weighted by atomic mass is 9.60. The molecule has 6 rings (SSSR count). The zero-order chi connectivity index (χ0) is 30.2. The first-order valence-corrected chi connectivity index (χ1v) is 15.3. The summed E-state index contributed by atoms with van der Waals surface area (Å²) in [6, 6.07) is 10.6. The van der Waals surface area contributed by atoms with Gasteiger partial charge in [0.25, 0.3) is 0 Å². The molecule has 11 nitrogen and oxygen atoms in total. The Balaban J connectivity index is 1.16. The van der Waals surface area contributed by atoms with Crippen LogP contribution in [0, 0.1) is 11.8 Å². The lowest BCUT2D eigenvalue weighted by Gasteiger charge is -2.54. The van der Waals surface area contributed by atoms with E-state index in [9.17, 15) is 14.4 Å². The lowest BCUT2D eigenvalue weighted by Crippen LogP contribution is -2.59. The summed E-state index contributed by atoms with van der Waals surface area (Å²) in [6.45, 7) is 10.5. The SMILES string of the molecule is CCN(C(C)Cc1ccc(-n2ccc(NC(=O)N3CCN(C(=O)C(C)(C)N)CC3)nc2=O)cc1)C1CC(N)C2CC1C2. The van der Waals surface area contributed by atoms with E-state index < -0.39 is 11.2 Å². The molecular formula is C31H46N8O3. The summed E-state index contributed by atoms with van der Waals surface area (Å²) in [5.41, 5.74) is 12.9. The molecule has 3 amide bonds. The summed E-state index contributed by atoms with van der Waals surface area (Å²) in [7, 11) is 0. The van der Waals surface area contributed by atoms with Gasteiger partial charge in [0.15, 0.2) is 0 Å². The summed E-state index contributed by atoms with van der Waals surface area (Å²) in [6.07, 6.45) is 6.22. The number of carbonyl (C=O) groups is 2. The third-order valence-electron chi connectivity index (χ3n) is 9.42. The van der Waals surface area contributed by atoms with Gasteiger partial charge in [-0.3, -0.25) is 19.6 Å². The van der Waals surface area contributed by atoms with Crippen LogP contribution in [0.25, 0.3) is 5.69 Å². The van der Waals surface area contributed by atoms with Crippen molar-refractivity contribution in [3.05, 3.63) is 52.6 Å². The number of nitrogens with two attached hydrogens (primary N) is 2. The molecule has 228 valence electrons. The average Bonchev–Trinajstić information content (AvgIpc) is 2.92. The highest BCUT2D eigenvalue weighted by Gasteiger charge is 2.46. The van der Waals surface area contributed by atoms with Gasteiger partial charge >= 0.3 is 11.7 Å². The van der Waals surface area contributed by atoms with E-state index in [4.69, 9.17) is 11.5 Å². The number of urea groups is 1. The summed E-state index contributed by atoms with van der Waals surface area (Å²) >= 11 is 0. The normalized spacial score (nSPS) is 24.7. The predicted octanol–water partition coefficient (Wildman–Crippen LogP) is 2.02. The minimum atomic E-state index is -0.947. The van der Waals surface area contributed by atoms with Crippen LogP contribution >= 0.6 is 0 Å². The highest BCUT2D eigenvalue weighted by molar-refractivity contribution is 5.89. The van der Waals surface area contributed by atoms with Gasteiger partial charge in [-0.05, 0) is 88.6 Å². The Morgan fingerprint density at radius 2 is 1.69 bits per heavy atom. The Kier molecular flexibility index (Phi) is 8.73. The third kappa shape index (κ3) is 6.38. The number of benzene rings is 1. The molecule has 4 aliphatic rings. The second kappa shape index (κ2) is 12.1. The number of hydrogen-bond acceptors (Lipinski definition) is 7. The van der Waals surface area contributed by atoms with Crippen molar-refractivity contribution in [2.75, 3.05) is 38.0 Å². The van der Waals surface area contributed by atoms with Crippen LogP contribution in [-0.4, -0.2) is 92.6 Å². The van der Waals surface area contributed by atoms with Crippen molar-refractivity contribution in [1.29, 1.82) is 0 Å².